The third-order valence-corrected chi connectivity index (χ3v) is 5.52. The van der Waals surface area contributed by atoms with E-state index in [4.69, 9.17) is 5.11 Å². The molecule has 2 aromatic rings. The van der Waals surface area contributed by atoms with Crippen molar-refractivity contribution < 1.29 is 14.7 Å². The molecule has 2 aliphatic rings. The highest BCUT2D eigenvalue weighted by atomic mass is 32.2. The van der Waals surface area contributed by atoms with E-state index in [0.717, 1.165) is 10.7 Å². The Morgan fingerprint density at radius 2 is 2.40 bits per heavy atom. The molecule has 2 fully saturated rings. The molecule has 1 N–H and O–H groups in total. The highest BCUT2D eigenvalue weighted by Crippen LogP contribution is 2.43. The van der Waals surface area contributed by atoms with Gasteiger partial charge in [0.2, 0.25) is 0 Å². The van der Waals surface area contributed by atoms with E-state index in [9.17, 15) is 9.59 Å². The molecule has 0 spiro atoms. The molecule has 6 nitrogen and oxygen atoms in total. The summed E-state index contributed by atoms with van der Waals surface area (Å²) in [6, 6.07) is -0.694. The Labute approximate surface area is 121 Å². The SMILES string of the molecule is O=C(O)C1CS[C@@H]2C(=Cc3cn4ccsc4n3)C(=O)N12. The van der Waals surface area contributed by atoms with E-state index in [2.05, 4.69) is 4.98 Å². The number of fused-ring (bicyclic) bond motifs is 2. The number of carboxylic acid groups (broad SMARTS) is 1. The molecule has 2 saturated heterocycles. The fourth-order valence-electron chi connectivity index (χ4n) is 2.48. The first-order chi connectivity index (χ1) is 9.65. The number of hydrogen-bond acceptors (Lipinski definition) is 5. The van der Waals surface area contributed by atoms with Crippen molar-refractivity contribution >= 4 is 46.0 Å². The Hall–Kier alpha value is -1.80. The second kappa shape index (κ2) is 4.10. The Morgan fingerprint density at radius 3 is 3.15 bits per heavy atom. The summed E-state index contributed by atoms with van der Waals surface area (Å²) in [5.74, 6) is -0.680. The lowest BCUT2D eigenvalue weighted by molar-refractivity contribution is -0.150. The number of thiazole rings is 1. The molecule has 0 saturated carbocycles. The van der Waals surface area contributed by atoms with Gasteiger partial charge < -0.3 is 10.0 Å². The minimum absolute atomic E-state index is 0.136. The van der Waals surface area contributed by atoms with E-state index in [-0.39, 0.29) is 11.3 Å². The lowest BCUT2D eigenvalue weighted by Gasteiger charge is -2.38. The molecule has 1 unspecified atom stereocenters. The van der Waals surface area contributed by atoms with Gasteiger partial charge >= 0.3 is 5.97 Å². The topological polar surface area (TPSA) is 74.9 Å². The number of carbonyl (C=O) groups is 2. The van der Waals surface area contributed by atoms with E-state index in [1.807, 2.05) is 22.2 Å². The average molecular weight is 307 g/mol. The van der Waals surface area contributed by atoms with Crippen LogP contribution < -0.4 is 0 Å². The average Bonchev–Trinajstić information content (AvgIpc) is 3.07. The third kappa shape index (κ3) is 1.55. The maximum atomic E-state index is 12.1. The van der Waals surface area contributed by atoms with Crippen molar-refractivity contribution in [3.05, 3.63) is 29.0 Å². The quantitative estimate of drug-likeness (QED) is 0.665. The zero-order valence-electron chi connectivity index (χ0n) is 10.1. The van der Waals surface area contributed by atoms with Crippen molar-refractivity contribution in [3.63, 3.8) is 0 Å². The van der Waals surface area contributed by atoms with Crippen LogP contribution in [0.4, 0.5) is 0 Å². The Morgan fingerprint density at radius 1 is 1.55 bits per heavy atom. The molecular formula is C12H9N3O3S2. The van der Waals surface area contributed by atoms with Crippen molar-refractivity contribution in [2.24, 2.45) is 0 Å². The van der Waals surface area contributed by atoms with E-state index in [0.29, 0.717) is 11.3 Å². The van der Waals surface area contributed by atoms with Crippen LogP contribution in [0, 0.1) is 0 Å². The van der Waals surface area contributed by atoms with Crippen LogP contribution in [0.15, 0.2) is 23.3 Å². The molecule has 4 heterocycles. The molecular weight excluding hydrogens is 298 g/mol. The summed E-state index contributed by atoms with van der Waals surface area (Å²) < 4.78 is 1.90. The summed E-state index contributed by atoms with van der Waals surface area (Å²) in [5, 5.41) is 10.9. The standard InChI is InChI=1S/C12H9N3O3S2/c16-9-7(10-15(9)8(5-20-10)11(17)18)3-6-4-14-1-2-19-12(14)13-6/h1-4,8,10H,5H2,(H,17,18)/t8?,10-/m1/s1. The molecule has 2 aliphatic heterocycles. The molecule has 20 heavy (non-hydrogen) atoms. The molecule has 0 bridgehead atoms. The number of thioether (sulfide) groups is 1. The summed E-state index contributed by atoms with van der Waals surface area (Å²) in [6.07, 6.45) is 5.54. The number of carbonyl (C=O) groups excluding carboxylic acids is 1. The van der Waals surface area contributed by atoms with Gasteiger partial charge in [-0.05, 0) is 6.08 Å². The number of aromatic nitrogens is 2. The molecule has 102 valence electrons. The summed E-state index contributed by atoms with van der Waals surface area (Å²) in [6.45, 7) is 0. The summed E-state index contributed by atoms with van der Waals surface area (Å²) >= 11 is 3.02. The second-order valence-electron chi connectivity index (χ2n) is 4.61. The first-order valence-corrected chi connectivity index (χ1v) is 7.89. The van der Waals surface area contributed by atoms with Crippen molar-refractivity contribution in [3.8, 4) is 0 Å². The number of imidazole rings is 1. The third-order valence-electron chi connectivity index (χ3n) is 3.45. The highest BCUT2D eigenvalue weighted by Gasteiger charge is 2.53. The van der Waals surface area contributed by atoms with Crippen molar-refractivity contribution in [2.75, 3.05) is 5.75 Å². The van der Waals surface area contributed by atoms with E-state index in [1.54, 1.807) is 6.08 Å². The Bertz CT molecular complexity index is 734. The van der Waals surface area contributed by atoms with Crippen LogP contribution in [-0.4, -0.2) is 48.4 Å². The fraction of sp³-hybridized carbons (Fsp3) is 0.250. The largest absolute Gasteiger partial charge is 0.480 e. The fourth-order valence-corrected chi connectivity index (χ4v) is 4.61. The molecule has 0 aromatic carbocycles. The van der Waals surface area contributed by atoms with Crippen LogP contribution in [0.3, 0.4) is 0 Å². The number of nitrogens with zero attached hydrogens (tertiary/aromatic N) is 3. The van der Waals surface area contributed by atoms with Crippen molar-refractivity contribution in [1.82, 2.24) is 14.3 Å². The second-order valence-corrected chi connectivity index (χ2v) is 6.60. The molecule has 0 aliphatic carbocycles. The zero-order valence-corrected chi connectivity index (χ0v) is 11.7. The zero-order chi connectivity index (χ0) is 13.9. The summed E-state index contributed by atoms with van der Waals surface area (Å²) in [4.78, 5) is 29.8. The first kappa shape index (κ1) is 12.0. The van der Waals surface area contributed by atoms with E-state index >= 15 is 0 Å². The molecule has 4 rings (SSSR count). The number of rotatable bonds is 2. The van der Waals surface area contributed by atoms with Gasteiger partial charge in [0.25, 0.3) is 5.91 Å². The van der Waals surface area contributed by atoms with Crippen LogP contribution in [-0.2, 0) is 9.59 Å². The maximum absolute atomic E-state index is 12.1. The first-order valence-electron chi connectivity index (χ1n) is 5.96. The minimum atomic E-state index is -0.935. The summed E-state index contributed by atoms with van der Waals surface area (Å²) in [7, 11) is 0. The van der Waals surface area contributed by atoms with Gasteiger partial charge in [0.15, 0.2) is 4.96 Å². The van der Waals surface area contributed by atoms with Gasteiger partial charge in [0, 0.05) is 23.5 Å². The monoisotopic (exact) mass is 307 g/mol. The summed E-state index contributed by atoms with van der Waals surface area (Å²) in [5.41, 5.74) is 1.38. The van der Waals surface area contributed by atoms with Gasteiger partial charge in [-0.25, -0.2) is 9.78 Å². The molecule has 0 radical (unpaired) electrons. The van der Waals surface area contributed by atoms with Crippen LogP contribution in [0.25, 0.3) is 11.0 Å². The van der Waals surface area contributed by atoms with E-state index in [1.165, 1.54) is 28.0 Å². The Kier molecular flexibility index (Phi) is 2.45. The normalized spacial score (nSPS) is 27.1. The van der Waals surface area contributed by atoms with Gasteiger partial charge in [0.05, 0.1) is 11.3 Å². The number of aliphatic carboxylic acids is 1. The van der Waals surface area contributed by atoms with Crippen LogP contribution in [0.1, 0.15) is 5.69 Å². The van der Waals surface area contributed by atoms with Gasteiger partial charge in [-0.2, -0.15) is 0 Å². The predicted molar refractivity (Wildman–Crippen MR) is 75.6 cm³/mol. The van der Waals surface area contributed by atoms with Gasteiger partial charge in [0.1, 0.15) is 11.4 Å². The molecule has 2 aromatic heterocycles. The lowest BCUT2D eigenvalue weighted by Crippen LogP contribution is -2.56. The molecule has 2 atom stereocenters. The molecule has 8 heteroatoms. The van der Waals surface area contributed by atoms with E-state index < -0.39 is 12.0 Å². The van der Waals surface area contributed by atoms with Crippen LogP contribution >= 0.6 is 23.1 Å². The minimum Gasteiger partial charge on any atom is -0.480 e. The highest BCUT2D eigenvalue weighted by molar-refractivity contribution is 8.00. The molecule has 1 amide bonds. The Balaban J connectivity index is 1.64. The van der Waals surface area contributed by atoms with Gasteiger partial charge in [-0.15, -0.1) is 23.1 Å². The number of amides is 1. The van der Waals surface area contributed by atoms with Gasteiger partial charge in [-0.1, -0.05) is 0 Å². The van der Waals surface area contributed by atoms with Crippen molar-refractivity contribution in [2.45, 2.75) is 11.4 Å². The van der Waals surface area contributed by atoms with Gasteiger partial charge in [-0.3, -0.25) is 9.20 Å². The van der Waals surface area contributed by atoms with Crippen LogP contribution in [0.5, 0.6) is 0 Å². The number of hydrogen-bond donors (Lipinski definition) is 1. The number of β-lactam (4-membered cyclic amide) rings is 1. The van der Waals surface area contributed by atoms with Crippen molar-refractivity contribution in [1.29, 1.82) is 0 Å². The smallest absolute Gasteiger partial charge is 0.327 e. The van der Waals surface area contributed by atoms with Crippen LogP contribution in [0.2, 0.25) is 0 Å². The number of carboxylic acids is 1. The lowest BCUT2D eigenvalue weighted by atomic mass is 10.0. The predicted octanol–water partition coefficient (Wildman–Crippen LogP) is 1.15. The maximum Gasteiger partial charge on any atom is 0.327 e.